The normalized spacial score (nSPS) is 10.9. The van der Waals surface area contributed by atoms with Gasteiger partial charge >= 0.3 is 5.69 Å². The van der Waals surface area contributed by atoms with Crippen LogP contribution in [0.1, 0.15) is 33.1 Å². The number of nitrogens with zero attached hydrogens (tertiary/aromatic N) is 2. The monoisotopic (exact) mass is 280 g/mol. The first-order valence-corrected chi connectivity index (χ1v) is 6.34. The number of hydrogen-bond donors (Lipinski definition) is 0. The van der Waals surface area contributed by atoms with Gasteiger partial charge in [0.25, 0.3) is 0 Å². The van der Waals surface area contributed by atoms with Gasteiger partial charge in [0.05, 0.1) is 23.0 Å². The first-order valence-electron chi connectivity index (χ1n) is 6.34. The second kappa shape index (κ2) is 6.85. The first kappa shape index (κ1) is 15.9. The van der Waals surface area contributed by atoms with Crippen LogP contribution >= 0.6 is 0 Å². The summed E-state index contributed by atoms with van der Waals surface area (Å²) in [6.07, 6.45) is 2.33. The molecule has 0 aliphatic rings. The van der Waals surface area contributed by atoms with Crippen LogP contribution in [0, 0.1) is 32.7 Å². The fraction of sp³-hybridized carbons (Fsp3) is 0.500. The second-order valence-corrected chi connectivity index (χ2v) is 5.17. The van der Waals surface area contributed by atoms with Crippen LogP contribution in [0.5, 0.6) is 5.75 Å². The molecule has 0 amide bonds. The Balaban J connectivity index is 2.38. The van der Waals surface area contributed by atoms with E-state index in [-0.39, 0.29) is 11.2 Å². The van der Waals surface area contributed by atoms with Crippen LogP contribution in [-0.4, -0.2) is 11.5 Å². The lowest BCUT2D eigenvalue weighted by Crippen LogP contribution is -2.08. The van der Waals surface area contributed by atoms with E-state index in [9.17, 15) is 14.5 Å². The summed E-state index contributed by atoms with van der Waals surface area (Å²) in [6, 6.07) is 5.69. The average molecular weight is 280 g/mol. The van der Waals surface area contributed by atoms with E-state index in [1.807, 2.05) is 13.8 Å². The number of nitriles is 1. The van der Waals surface area contributed by atoms with E-state index in [2.05, 4.69) is 6.07 Å². The van der Waals surface area contributed by atoms with E-state index in [1.54, 1.807) is 0 Å². The van der Waals surface area contributed by atoms with Crippen LogP contribution < -0.4 is 4.74 Å². The van der Waals surface area contributed by atoms with Crippen molar-refractivity contribution in [1.82, 2.24) is 0 Å². The molecule has 6 heteroatoms. The maximum absolute atomic E-state index is 13.3. The third-order valence-corrected chi connectivity index (χ3v) is 2.88. The lowest BCUT2D eigenvalue weighted by Gasteiger charge is -2.14. The fourth-order valence-corrected chi connectivity index (χ4v) is 1.64. The smallest absolute Gasteiger partial charge is 0.305 e. The zero-order valence-corrected chi connectivity index (χ0v) is 11.6. The molecule has 0 heterocycles. The number of rotatable bonds is 7. The van der Waals surface area contributed by atoms with Gasteiger partial charge in [-0.3, -0.25) is 10.1 Å². The van der Waals surface area contributed by atoms with E-state index in [4.69, 9.17) is 10.00 Å². The highest BCUT2D eigenvalue weighted by atomic mass is 19.1. The summed E-state index contributed by atoms with van der Waals surface area (Å²) in [7, 11) is 0. The van der Waals surface area contributed by atoms with E-state index in [1.165, 1.54) is 6.07 Å². The third kappa shape index (κ3) is 4.84. The summed E-state index contributed by atoms with van der Waals surface area (Å²) in [6.45, 7) is 4.14. The van der Waals surface area contributed by atoms with Gasteiger partial charge in [-0.15, -0.1) is 0 Å². The molecule has 0 bridgehead atoms. The molecule has 0 aliphatic heterocycles. The Morgan fingerprint density at radius 1 is 1.45 bits per heavy atom. The minimum atomic E-state index is -0.905. The van der Waals surface area contributed by atoms with E-state index < -0.39 is 16.4 Å². The number of nitro groups is 1. The lowest BCUT2D eigenvalue weighted by molar-refractivity contribution is -0.387. The minimum absolute atomic E-state index is 0.271. The summed E-state index contributed by atoms with van der Waals surface area (Å²) >= 11 is 0. The summed E-state index contributed by atoms with van der Waals surface area (Å²) in [5.74, 6) is -0.634. The molecule has 0 aliphatic carbocycles. The van der Waals surface area contributed by atoms with Gasteiger partial charge in [0.1, 0.15) is 5.75 Å². The Hall–Kier alpha value is -2.16. The molecule has 0 fully saturated rings. The van der Waals surface area contributed by atoms with Crippen molar-refractivity contribution in [2.45, 2.75) is 33.1 Å². The van der Waals surface area contributed by atoms with Gasteiger partial charge < -0.3 is 4.74 Å². The maximum atomic E-state index is 13.3. The van der Waals surface area contributed by atoms with E-state index in [0.29, 0.717) is 6.61 Å². The molecule has 0 unspecified atom stereocenters. The van der Waals surface area contributed by atoms with Gasteiger partial charge in [0, 0.05) is 12.1 Å². The van der Waals surface area contributed by atoms with Gasteiger partial charge in [0.2, 0.25) is 5.82 Å². The van der Waals surface area contributed by atoms with E-state index >= 15 is 0 Å². The predicted octanol–water partition coefficient (Wildman–Crippen LogP) is 3.83. The molecule has 0 atom stereocenters. The largest absolute Gasteiger partial charge is 0.493 e. The van der Waals surface area contributed by atoms with Gasteiger partial charge in [-0.25, -0.2) is 0 Å². The summed E-state index contributed by atoms with van der Waals surface area (Å²) in [5.41, 5.74) is -0.910. The molecule has 0 N–H and O–H groups in total. The SMILES string of the molecule is CC(C)(C#N)CCCCOc1ccc([N+](=O)[O-])c(F)c1. The van der Waals surface area contributed by atoms with Crippen molar-refractivity contribution >= 4 is 5.69 Å². The van der Waals surface area contributed by atoms with Crippen molar-refractivity contribution < 1.29 is 14.1 Å². The number of halogens is 1. The quantitative estimate of drug-likeness (QED) is 0.432. The number of nitro benzene ring substituents is 1. The Morgan fingerprint density at radius 3 is 2.70 bits per heavy atom. The van der Waals surface area contributed by atoms with Crippen LogP contribution in [0.2, 0.25) is 0 Å². The topological polar surface area (TPSA) is 76.2 Å². The van der Waals surface area contributed by atoms with Crippen LogP contribution in [0.4, 0.5) is 10.1 Å². The molecule has 1 aromatic rings. The molecular formula is C14H17FN2O3. The summed E-state index contributed by atoms with van der Waals surface area (Å²) in [5, 5.41) is 19.3. The number of hydrogen-bond acceptors (Lipinski definition) is 4. The highest BCUT2D eigenvalue weighted by Gasteiger charge is 2.16. The highest BCUT2D eigenvalue weighted by molar-refractivity contribution is 5.37. The Kier molecular flexibility index (Phi) is 5.44. The molecule has 0 saturated carbocycles. The molecule has 0 saturated heterocycles. The molecule has 0 radical (unpaired) electrons. The van der Waals surface area contributed by atoms with Crippen molar-refractivity contribution in [3.05, 3.63) is 34.1 Å². The first-order chi connectivity index (χ1) is 9.35. The van der Waals surface area contributed by atoms with Crippen LogP contribution in [-0.2, 0) is 0 Å². The second-order valence-electron chi connectivity index (χ2n) is 5.17. The predicted molar refractivity (Wildman–Crippen MR) is 71.8 cm³/mol. The molecule has 5 nitrogen and oxygen atoms in total. The standard InChI is InChI=1S/C14H17FN2O3/c1-14(2,10-16)7-3-4-8-20-11-5-6-13(17(18)19)12(15)9-11/h5-6,9H,3-4,7-8H2,1-2H3. The average Bonchev–Trinajstić information content (AvgIpc) is 2.38. The molecule has 1 aromatic carbocycles. The van der Waals surface area contributed by atoms with E-state index in [0.717, 1.165) is 31.4 Å². The van der Waals surface area contributed by atoms with Crippen LogP contribution in [0.3, 0.4) is 0 Å². The molecule has 0 spiro atoms. The van der Waals surface area contributed by atoms with Crippen molar-refractivity contribution in [1.29, 1.82) is 5.26 Å². The highest BCUT2D eigenvalue weighted by Crippen LogP contribution is 2.24. The molecule has 108 valence electrons. The minimum Gasteiger partial charge on any atom is -0.493 e. The lowest BCUT2D eigenvalue weighted by atomic mass is 9.89. The van der Waals surface area contributed by atoms with Gasteiger partial charge in [-0.1, -0.05) is 0 Å². The summed E-state index contributed by atoms with van der Waals surface area (Å²) in [4.78, 5) is 9.68. The zero-order chi connectivity index (χ0) is 15.2. The van der Waals surface area contributed by atoms with Gasteiger partial charge in [-0.2, -0.15) is 9.65 Å². The Morgan fingerprint density at radius 2 is 2.15 bits per heavy atom. The maximum Gasteiger partial charge on any atom is 0.305 e. The van der Waals surface area contributed by atoms with Gasteiger partial charge in [0.15, 0.2) is 0 Å². The Bertz CT molecular complexity index is 524. The summed E-state index contributed by atoms with van der Waals surface area (Å²) < 4.78 is 18.6. The molecular weight excluding hydrogens is 263 g/mol. The third-order valence-electron chi connectivity index (χ3n) is 2.88. The molecule has 0 aromatic heterocycles. The van der Waals surface area contributed by atoms with Crippen LogP contribution in [0.15, 0.2) is 18.2 Å². The van der Waals surface area contributed by atoms with Crippen LogP contribution in [0.25, 0.3) is 0 Å². The van der Waals surface area contributed by atoms with Crippen molar-refractivity contribution in [3.63, 3.8) is 0 Å². The number of benzene rings is 1. The van der Waals surface area contributed by atoms with Gasteiger partial charge in [-0.05, 0) is 39.2 Å². The molecule has 1 rings (SSSR count). The Labute approximate surface area is 117 Å². The fourth-order valence-electron chi connectivity index (χ4n) is 1.64. The number of unbranched alkanes of at least 4 members (excludes halogenated alkanes) is 1. The number of ether oxygens (including phenoxy) is 1. The van der Waals surface area contributed by atoms with Crippen molar-refractivity contribution in [3.8, 4) is 11.8 Å². The van der Waals surface area contributed by atoms with Crippen molar-refractivity contribution in [2.24, 2.45) is 5.41 Å². The molecule has 20 heavy (non-hydrogen) atoms. The zero-order valence-electron chi connectivity index (χ0n) is 11.6. The van der Waals surface area contributed by atoms with Crippen molar-refractivity contribution in [2.75, 3.05) is 6.61 Å².